The van der Waals surface area contributed by atoms with Crippen LogP contribution in [0.1, 0.15) is 60.5 Å². The standard InChI is InChI=1S/C38H47ClFN5O6S/c1-23-7-5-9-31(49-3)27-12-10-25(27)19-45-21-38(16-6-8-24-17-26(39)11-14-30(24)38)22-51-32-15-13-28(33(40)34(32)45)36(46)43-52(48,20-23)44-37(47)29(18-42-2)35(41)50-4/h5,9,11,13-15,17-18,23,25,27,31H,6-8,10,12,16,19-22,41H2,1-4H3,(H,43,44,46,47,48)/b9-5+,35-29-,42-18?/t23-,25-,27+,31-,38-,52?/m0/s1. The van der Waals surface area contributed by atoms with E-state index < -0.39 is 33.0 Å². The van der Waals surface area contributed by atoms with E-state index in [1.807, 2.05) is 36.1 Å². The molecule has 0 aromatic heterocycles. The third-order valence-electron chi connectivity index (χ3n) is 10.8. The Morgan fingerprint density at radius 1 is 1.27 bits per heavy atom. The van der Waals surface area contributed by atoms with Crippen molar-refractivity contribution in [1.29, 1.82) is 0 Å². The van der Waals surface area contributed by atoms with E-state index in [1.54, 1.807) is 13.2 Å². The largest absolute Gasteiger partial charge is 0.490 e. The number of amides is 2. The fourth-order valence-corrected chi connectivity index (χ4v) is 10.2. The second-order valence-corrected chi connectivity index (χ2v) is 16.8. The van der Waals surface area contributed by atoms with Gasteiger partial charge in [-0.3, -0.25) is 19.3 Å². The van der Waals surface area contributed by atoms with Crippen molar-refractivity contribution in [3.63, 3.8) is 0 Å². The molecule has 6 rings (SSSR count). The molecule has 6 atom stereocenters. The molecule has 1 unspecified atom stereocenters. The Bertz CT molecular complexity index is 1940. The van der Waals surface area contributed by atoms with Crippen molar-refractivity contribution in [1.82, 2.24) is 4.72 Å². The maximum absolute atomic E-state index is 17.1. The highest BCUT2D eigenvalue weighted by molar-refractivity contribution is 7.92. The molecule has 2 bridgehead atoms. The number of halogens is 2. The highest BCUT2D eigenvalue weighted by Crippen LogP contribution is 2.48. The van der Waals surface area contributed by atoms with Gasteiger partial charge in [0.25, 0.3) is 11.8 Å². The molecule has 0 saturated heterocycles. The van der Waals surface area contributed by atoms with Crippen molar-refractivity contribution in [3.8, 4) is 5.75 Å². The molecular formula is C38H47ClFN5O6S. The Balaban J connectivity index is 1.48. The molecule has 2 heterocycles. The summed E-state index contributed by atoms with van der Waals surface area (Å²) in [6, 6.07) is 8.86. The minimum Gasteiger partial charge on any atom is -0.490 e. The van der Waals surface area contributed by atoms with E-state index in [4.69, 9.17) is 31.5 Å². The first-order valence-corrected chi connectivity index (χ1v) is 19.7. The van der Waals surface area contributed by atoms with Crippen LogP contribution < -0.4 is 20.1 Å². The number of rotatable bonds is 5. The average molecular weight is 756 g/mol. The summed E-state index contributed by atoms with van der Waals surface area (Å²) in [4.78, 5) is 33.2. The molecule has 0 radical (unpaired) electrons. The Hall–Kier alpha value is -3.94. The minimum absolute atomic E-state index is 0.169. The van der Waals surface area contributed by atoms with Gasteiger partial charge in [-0.25, -0.2) is 8.60 Å². The van der Waals surface area contributed by atoms with Gasteiger partial charge in [-0.05, 0) is 91.7 Å². The van der Waals surface area contributed by atoms with Gasteiger partial charge in [0.15, 0.2) is 11.7 Å². The highest BCUT2D eigenvalue weighted by Gasteiger charge is 2.45. The molecule has 52 heavy (non-hydrogen) atoms. The van der Waals surface area contributed by atoms with Crippen molar-refractivity contribution < 1.29 is 32.4 Å². The molecule has 4 aliphatic rings. The molecule has 2 aromatic rings. The molecule has 1 fully saturated rings. The Kier molecular flexibility index (Phi) is 11.3. The fraction of sp³-hybridized carbons (Fsp3) is 0.500. The second kappa shape index (κ2) is 15.6. The number of aryl methyl sites for hydroxylation is 1. The number of methoxy groups -OCH3 is 2. The Morgan fingerprint density at radius 2 is 2.08 bits per heavy atom. The quantitative estimate of drug-likeness (QED) is 0.170. The van der Waals surface area contributed by atoms with Crippen LogP contribution in [0.3, 0.4) is 0 Å². The van der Waals surface area contributed by atoms with E-state index >= 15 is 4.39 Å². The number of carbonyl (C=O) groups is 2. The summed E-state index contributed by atoms with van der Waals surface area (Å²) in [6.07, 6.45) is 10.0. The average Bonchev–Trinajstić information content (AvgIpc) is 3.24. The van der Waals surface area contributed by atoms with Gasteiger partial charge < -0.3 is 24.8 Å². The van der Waals surface area contributed by atoms with Crippen LogP contribution in [-0.2, 0) is 36.0 Å². The molecule has 1 saturated carbocycles. The maximum Gasteiger partial charge on any atom is 0.289 e. The lowest BCUT2D eigenvalue weighted by molar-refractivity contribution is -0.115. The van der Waals surface area contributed by atoms with E-state index in [-0.39, 0.29) is 52.3 Å². The summed E-state index contributed by atoms with van der Waals surface area (Å²) < 4.78 is 55.6. The second-order valence-electron chi connectivity index (χ2n) is 14.4. The summed E-state index contributed by atoms with van der Waals surface area (Å²) in [5.74, 6) is -2.84. The number of nitrogens with two attached hydrogens (primary N) is 1. The van der Waals surface area contributed by atoms with Crippen molar-refractivity contribution >= 4 is 45.2 Å². The number of nitrogens with zero attached hydrogens (tertiary/aromatic N) is 3. The van der Waals surface area contributed by atoms with E-state index in [1.165, 1.54) is 20.2 Å². The predicted molar refractivity (Wildman–Crippen MR) is 201 cm³/mol. The number of anilines is 1. The molecule has 2 aliphatic heterocycles. The van der Waals surface area contributed by atoms with Gasteiger partial charge in [0, 0.05) is 43.9 Å². The van der Waals surface area contributed by atoms with Crippen molar-refractivity contribution in [3.05, 3.63) is 81.5 Å². The third kappa shape index (κ3) is 7.58. The molecule has 2 amide bonds. The number of aliphatic imine (C=N–C) groups is 1. The highest BCUT2D eigenvalue weighted by atomic mass is 35.5. The van der Waals surface area contributed by atoms with Crippen molar-refractivity contribution in [2.75, 3.05) is 51.6 Å². The van der Waals surface area contributed by atoms with E-state index in [2.05, 4.69) is 20.1 Å². The number of hydrogen-bond acceptors (Lipinski definition) is 9. The zero-order valence-electron chi connectivity index (χ0n) is 30.0. The van der Waals surface area contributed by atoms with E-state index in [9.17, 15) is 13.8 Å². The van der Waals surface area contributed by atoms with Crippen LogP contribution in [0.2, 0.25) is 5.02 Å². The zero-order chi connectivity index (χ0) is 37.2. The van der Waals surface area contributed by atoms with E-state index in [0.717, 1.165) is 49.4 Å². The van der Waals surface area contributed by atoms with Gasteiger partial charge in [0.2, 0.25) is 0 Å². The van der Waals surface area contributed by atoms with Crippen LogP contribution in [0.25, 0.3) is 0 Å². The lowest BCUT2D eigenvalue weighted by Gasteiger charge is -2.46. The monoisotopic (exact) mass is 755 g/mol. The Morgan fingerprint density at radius 3 is 2.79 bits per heavy atom. The normalized spacial score (nSPS) is 30.1. The summed E-state index contributed by atoms with van der Waals surface area (Å²) in [6.45, 7) is 3.13. The van der Waals surface area contributed by atoms with Gasteiger partial charge in [0.1, 0.15) is 26.9 Å². The zero-order valence-corrected chi connectivity index (χ0v) is 31.6. The number of allylic oxidation sites excluding steroid dienone is 1. The smallest absolute Gasteiger partial charge is 0.289 e. The maximum atomic E-state index is 17.1. The van der Waals surface area contributed by atoms with Crippen LogP contribution in [-0.4, -0.2) is 75.1 Å². The molecule has 11 nitrogen and oxygen atoms in total. The lowest BCUT2D eigenvalue weighted by atomic mass is 9.68. The number of benzene rings is 2. The number of carbonyl (C=O) groups excluding carboxylic acids is 2. The third-order valence-corrected chi connectivity index (χ3v) is 13.1. The number of ether oxygens (including phenoxy) is 3. The van der Waals surface area contributed by atoms with Crippen LogP contribution >= 0.6 is 11.6 Å². The first-order chi connectivity index (χ1) is 24.9. The van der Waals surface area contributed by atoms with Crippen molar-refractivity contribution in [2.45, 2.75) is 57.0 Å². The molecular weight excluding hydrogens is 709 g/mol. The number of hydrogen-bond donors (Lipinski definition) is 2. The molecule has 1 spiro atoms. The lowest BCUT2D eigenvalue weighted by Crippen LogP contribution is -2.49. The number of nitrogens with one attached hydrogen (secondary N) is 1. The van der Waals surface area contributed by atoms with Crippen LogP contribution in [0.5, 0.6) is 5.75 Å². The summed E-state index contributed by atoms with van der Waals surface area (Å²) in [5, 5.41) is 0.669. The number of fused-ring (bicyclic) bond motifs is 4. The Labute approximate surface area is 310 Å². The van der Waals surface area contributed by atoms with Gasteiger partial charge in [-0.1, -0.05) is 36.7 Å². The topological polar surface area (TPSA) is 145 Å². The van der Waals surface area contributed by atoms with E-state index in [0.29, 0.717) is 36.9 Å². The summed E-state index contributed by atoms with van der Waals surface area (Å²) >= 11 is 6.42. The first-order valence-electron chi connectivity index (χ1n) is 17.7. The fourth-order valence-electron chi connectivity index (χ4n) is 8.13. The van der Waals surface area contributed by atoms with Gasteiger partial charge in [-0.15, -0.1) is 4.36 Å². The summed E-state index contributed by atoms with van der Waals surface area (Å²) in [5.41, 5.74) is 7.33. The molecule has 2 aliphatic carbocycles. The van der Waals surface area contributed by atoms with Crippen LogP contribution in [0.15, 0.2) is 63.3 Å². The molecule has 14 heteroatoms. The minimum atomic E-state index is -3.83. The molecule has 280 valence electrons. The SMILES string of the molecule is CN=C/C(C(=O)NS1(=O)=NC(=O)c2ccc3c(c2F)N(C[C@@H]2CC[C@H]2[C@@H](OC)/C=C/C[C@H](C)C1)C[C@@]1(CCCc2cc(Cl)ccc21)CO3)=C(\N)OC. The van der Waals surface area contributed by atoms with Gasteiger partial charge in [0.05, 0.1) is 31.1 Å². The van der Waals surface area contributed by atoms with Gasteiger partial charge >= 0.3 is 0 Å². The van der Waals surface area contributed by atoms with Crippen LogP contribution in [0.4, 0.5) is 10.1 Å². The van der Waals surface area contributed by atoms with Crippen molar-refractivity contribution in [2.24, 2.45) is 32.8 Å². The van der Waals surface area contributed by atoms with Gasteiger partial charge in [-0.2, -0.15) is 0 Å². The van der Waals surface area contributed by atoms with Crippen LogP contribution in [0, 0.1) is 23.6 Å². The first kappa shape index (κ1) is 37.8. The molecule has 3 N–H and O–H groups in total. The predicted octanol–water partition coefficient (Wildman–Crippen LogP) is 5.75. The molecule has 2 aromatic carbocycles. The summed E-state index contributed by atoms with van der Waals surface area (Å²) in [7, 11) is 0.566.